The average molecular weight is 800 g/mol. The first-order valence-corrected chi connectivity index (χ1v) is 22.3. The third kappa shape index (κ3) is 5.09. The monoisotopic (exact) mass is 799 g/mol. The molecule has 2 heteroatoms. The number of rotatable bonds is 4. The maximum absolute atomic E-state index is 2.53. The predicted molar refractivity (Wildman–Crippen MR) is 256 cm³/mol. The minimum Gasteiger partial charge on any atom is -0.310 e. The molecule has 0 bridgehead atoms. The van der Waals surface area contributed by atoms with Gasteiger partial charge in [0.15, 0.2) is 0 Å². The Kier molecular flexibility index (Phi) is 7.84. The van der Waals surface area contributed by atoms with Crippen LogP contribution in [0, 0.1) is 0 Å². The Morgan fingerprint density at radius 2 is 0.934 bits per heavy atom. The molecule has 0 fully saturated rings. The van der Waals surface area contributed by atoms with Crippen LogP contribution in [-0.4, -0.2) is 0 Å². The molecule has 1 unspecified atom stereocenters. The molecule has 0 saturated heterocycles. The van der Waals surface area contributed by atoms with Crippen molar-refractivity contribution in [3.63, 3.8) is 0 Å². The van der Waals surface area contributed by atoms with Crippen molar-refractivity contribution in [2.75, 3.05) is 4.90 Å². The van der Waals surface area contributed by atoms with Gasteiger partial charge in [-0.25, -0.2) is 0 Å². The number of fused-ring (bicyclic) bond motifs is 13. The molecule has 9 aromatic carbocycles. The Morgan fingerprint density at radius 3 is 1.74 bits per heavy atom. The molecule has 12 rings (SSSR count). The molecule has 1 nitrogen and oxygen atoms in total. The van der Waals surface area contributed by atoms with Crippen LogP contribution in [0.15, 0.2) is 210 Å². The summed E-state index contributed by atoms with van der Waals surface area (Å²) in [5.41, 5.74) is 18.6. The van der Waals surface area contributed by atoms with Crippen molar-refractivity contribution in [2.24, 2.45) is 0 Å². The van der Waals surface area contributed by atoms with Crippen LogP contribution in [0.2, 0.25) is 0 Å². The summed E-state index contributed by atoms with van der Waals surface area (Å²) < 4.78 is 0. The van der Waals surface area contributed by atoms with Gasteiger partial charge in [-0.2, -0.15) is 0 Å². The highest BCUT2D eigenvalue weighted by Crippen LogP contribution is 2.63. The zero-order valence-corrected chi connectivity index (χ0v) is 35.7. The second-order valence-corrected chi connectivity index (χ2v) is 19.1. The van der Waals surface area contributed by atoms with Gasteiger partial charge in [-0.3, -0.25) is 0 Å². The highest BCUT2D eigenvalue weighted by atomic mass is 32.2. The van der Waals surface area contributed by atoms with E-state index >= 15 is 0 Å². The molecule has 0 aromatic heterocycles. The van der Waals surface area contributed by atoms with E-state index in [1.165, 1.54) is 87.3 Å². The first kappa shape index (κ1) is 36.3. The minimum absolute atomic E-state index is 0.129. The van der Waals surface area contributed by atoms with Crippen LogP contribution in [0.3, 0.4) is 0 Å². The number of benzene rings is 9. The van der Waals surface area contributed by atoms with E-state index in [9.17, 15) is 0 Å². The Morgan fingerprint density at radius 1 is 0.361 bits per heavy atom. The molecule has 0 N–H and O–H groups in total. The van der Waals surface area contributed by atoms with Gasteiger partial charge in [-0.05, 0) is 126 Å². The van der Waals surface area contributed by atoms with Crippen molar-refractivity contribution in [1.29, 1.82) is 0 Å². The molecule has 3 aliphatic rings. The molecule has 9 aromatic rings. The van der Waals surface area contributed by atoms with E-state index in [1.807, 2.05) is 11.8 Å². The topological polar surface area (TPSA) is 3.24 Å². The van der Waals surface area contributed by atoms with Crippen molar-refractivity contribution >= 4 is 39.6 Å². The Hall–Kier alpha value is -6.61. The van der Waals surface area contributed by atoms with Crippen LogP contribution in [0.4, 0.5) is 17.1 Å². The van der Waals surface area contributed by atoms with Crippen molar-refractivity contribution in [1.82, 2.24) is 0 Å². The highest BCUT2D eigenvalue weighted by Gasteiger charge is 2.53. The molecule has 1 heterocycles. The van der Waals surface area contributed by atoms with Crippen LogP contribution < -0.4 is 4.90 Å². The minimum atomic E-state index is -0.553. The van der Waals surface area contributed by atoms with Gasteiger partial charge in [0.05, 0.1) is 5.41 Å². The smallest absolute Gasteiger partial charge is 0.0730 e. The summed E-state index contributed by atoms with van der Waals surface area (Å²) in [5, 5.41) is 2.61. The first-order valence-electron chi connectivity index (χ1n) is 21.5. The maximum Gasteiger partial charge on any atom is 0.0730 e. The molecule has 0 radical (unpaired) electrons. The molecule has 0 saturated carbocycles. The second kappa shape index (κ2) is 13.2. The van der Waals surface area contributed by atoms with Crippen molar-refractivity contribution < 1.29 is 0 Å². The van der Waals surface area contributed by atoms with Crippen LogP contribution >= 0.6 is 11.8 Å². The van der Waals surface area contributed by atoms with E-state index in [0.717, 1.165) is 17.1 Å². The average Bonchev–Trinajstić information content (AvgIpc) is 3.53. The quantitative estimate of drug-likeness (QED) is 0.174. The van der Waals surface area contributed by atoms with E-state index in [2.05, 4.69) is 233 Å². The standard InChI is InChI=1S/C59H45NS/c1-57(2)47-21-11-10-20-45(47)46-33-31-42(36-52(46)57)60(41-29-26-39(27-30-41)38-16-6-5-7-17-38)43-32-35-55-53(37-43)59(50-24-14-15-25-54(50)61-55)49-23-13-12-22-48(49)58(3,4)56-44-19-9-8-18-40(44)28-34-51(56)59/h5-37H,1-4H3. The normalized spacial score (nSPS) is 17.1. The lowest BCUT2D eigenvalue weighted by Gasteiger charge is -2.51. The van der Waals surface area contributed by atoms with Gasteiger partial charge in [0.25, 0.3) is 0 Å². The largest absolute Gasteiger partial charge is 0.310 e. The molecule has 0 amide bonds. The van der Waals surface area contributed by atoms with Crippen LogP contribution in [0.25, 0.3) is 33.0 Å². The zero-order valence-electron chi connectivity index (χ0n) is 34.9. The number of anilines is 3. The fourth-order valence-electron chi connectivity index (χ4n) is 11.4. The highest BCUT2D eigenvalue weighted by molar-refractivity contribution is 7.99. The van der Waals surface area contributed by atoms with E-state index in [1.54, 1.807) is 0 Å². The molecular formula is C59H45NS. The summed E-state index contributed by atoms with van der Waals surface area (Å²) in [4.78, 5) is 5.10. The summed E-state index contributed by atoms with van der Waals surface area (Å²) >= 11 is 1.91. The van der Waals surface area contributed by atoms with E-state index in [4.69, 9.17) is 0 Å². The summed E-state index contributed by atoms with van der Waals surface area (Å²) in [5.74, 6) is 0. The van der Waals surface area contributed by atoms with Gasteiger partial charge < -0.3 is 4.90 Å². The fourth-order valence-corrected chi connectivity index (χ4v) is 12.5. The van der Waals surface area contributed by atoms with Crippen molar-refractivity contribution in [3.05, 3.63) is 245 Å². The van der Waals surface area contributed by atoms with Crippen LogP contribution in [-0.2, 0) is 16.2 Å². The van der Waals surface area contributed by atoms with Crippen LogP contribution in [0.5, 0.6) is 0 Å². The number of hydrogen-bond acceptors (Lipinski definition) is 2. The molecular weight excluding hydrogens is 755 g/mol. The summed E-state index contributed by atoms with van der Waals surface area (Å²) in [6, 6.07) is 75.5. The molecule has 292 valence electrons. The van der Waals surface area contributed by atoms with Gasteiger partial charge in [-0.15, -0.1) is 0 Å². The molecule has 1 aliphatic heterocycles. The van der Waals surface area contributed by atoms with E-state index in [0.29, 0.717) is 0 Å². The predicted octanol–water partition coefficient (Wildman–Crippen LogP) is 15.8. The second-order valence-electron chi connectivity index (χ2n) is 18.1. The SMILES string of the molecule is CC1(C)c2ccccc2-c2ccc(N(c3ccc(-c4ccccc4)cc3)c3ccc4c(c3)C3(c5ccccc5S4)c4ccccc4C(C)(C)c4c3ccc3ccccc43)cc21. The lowest BCUT2D eigenvalue weighted by atomic mass is 9.53. The Labute approximate surface area is 363 Å². The van der Waals surface area contributed by atoms with Gasteiger partial charge in [-0.1, -0.05) is 191 Å². The van der Waals surface area contributed by atoms with Gasteiger partial charge in [0, 0.05) is 37.7 Å². The van der Waals surface area contributed by atoms with Crippen molar-refractivity contribution in [3.8, 4) is 22.3 Å². The third-order valence-corrected chi connectivity index (χ3v) is 15.3. The zero-order chi connectivity index (χ0) is 41.1. The lowest BCUT2D eigenvalue weighted by Crippen LogP contribution is -2.43. The number of nitrogens with zero attached hydrogens (tertiary/aromatic N) is 1. The van der Waals surface area contributed by atoms with Crippen LogP contribution in [0.1, 0.15) is 72.2 Å². The molecule has 61 heavy (non-hydrogen) atoms. The first-order chi connectivity index (χ1) is 29.8. The number of hydrogen-bond donors (Lipinski definition) is 0. The summed E-state index contributed by atoms with van der Waals surface area (Å²) in [6.45, 7) is 9.61. The van der Waals surface area contributed by atoms with Gasteiger partial charge in [0.1, 0.15) is 0 Å². The van der Waals surface area contributed by atoms with Gasteiger partial charge in [0.2, 0.25) is 0 Å². The summed E-state index contributed by atoms with van der Waals surface area (Å²) in [6.07, 6.45) is 0. The molecule has 1 spiro atoms. The molecule has 2 aliphatic carbocycles. The Bertz CT molecular complexity index is 3230. The van der Waals surface area contributed by atoms with Crippen molar-refractivity contribution in [2.45, 2.75) is 53.7 Å². The van der Waals surface area contributed by atoms with E-state index in [-0.39, 0.29) is 10.8 Å². The lowest BCUT2D eigenvalue weighted by molar-refractivity contribution is 0.554. The Balaban J connectivity index is 1.14. The third-order valence-electron chi connectivity index (χ3n) is 14.2. The summed E-state index contributed by atoms with van der Waals surface area (Å²) in [7, 11) is 0. The molecule has 1 atom stereocenters. The van der Waals surface area contributed by atoms with Gasteiger partial charge >= 0.3 is 0 Å². The fraction of sp³-hybridized carbons (Fsp3) is 0.119. The maximum atomic E-state index is 2.53. The van der Waals surface area contributed by atoms with E-state index < -0.39 is 5.41 Å².